The van der Waals surface area contributed by atoms with Gasteiger partial charge in [0, 0.05) is 21.4 Å². The van der Waals surface area contributed by atoms with E-state index < -0.39 is 11.9 Å². The van der Waals surface area contributed by atoms with Crippen LogP contribution in [-0.2, 0) is 0 Å². The average molecular weight is 349 g/mol. The van der Waals surface area contributed by atoms with Crippen LogP contribution >= 0.6 is 15.9 Å². The highest BCUT2D eigenvalue weighted by molar-refractivity contribution is 9.10. The molecule has 0 bridgehead atoms. The van der Waals surface area contributed by atoms with Crippen LogP contribution in [0.2, 0.25) is 0 Å². The second kappa shape index (κ2) is 5.97. The summed E-state index contributed by atoms with van der Waals surface area (Å²) in [4.78, 5) is 22.3. The molecule has 2 rings (SSSR count). The molecule has 0 aliphatic carbocycles. The molecule has 0 saturated carbocycles. The maximum Gasteiger partial charge on any atom is 0.336 e. The van der Waals surface area contributed by atoms with E-state index in [4.69, 9.17) is 10.8 Å². The minimum atomic E-state index is -1.01. The summed E-state index contributed by atoms with van der Waals surface area (Å²) in [6.45, 7) is 1.79. The van der Waals surface area contributed by atoms with Gasteiger partial charge in [-0.2, -0.15) is 0 Å². The molecular weight excluding hydrogens is 336 g/mol. The van der Waals surface area contributed by atoms with Crippen molar-refractivity contribution >= 4 is 39.2 Å². The van der Waals surface area contributed by atoms with Gasteiger partial charge in [0.05, 0.1) is 5.56 Å². The third-order valence-electron chi connectivity index (χ3n) is 2.98. The van der Waals surface area contributed by atoms with E-state index in [2.05, 4.69) is 21.2 Å². The number of aromatic carboxylic acids is 1. The highest BCUT2D eigenvalue weighted by Gasteiger charge is 2.10. The van der Waals surface area contributed by atoms with Crippen LogP contribution in [0.15, 0.2) is 40.9 Å². The number of aryl methyl sites for hydroxylation is 1. The van der Waals surface area contributed by atoms with Crippen molar-refractivity contribution in [2.45, 2.75) is 6.92 Å². The number of anilines is 2. The van der Waals surface area contributed by atoms with Gasteiger partial charge in [0.15, 0.2) is 0 Å². The molecule has 6 heteroatoms. The van der Waals surface area contributed by atoms with Gasteiger partial charge in [0.25, 0.3) is 0 Å². The fraction of sp³-hybridized carbons (Fsp3) is 0.0667. The van der Waals surface area contributed by atoms with Crippen molar-refractivity contribution in [3.05, 3.63) is 57.6 Å². The van der Waals surface area contributed by atoms with E-state index in [1.807, 2.05) is 0 Å². The van der Waals surface area contributed by atoms with Crippen molar-refractivity contribution in [1.29, 1.82) is 0 Å². The highest BCUT2D eigenvalue weighted by atomic mass is 79.9. The Morgan fingerprint density at radius 3 is 2.29 bits per heavy atom. The van der Waals surface area contributed by atoms with Crippen molar-refractivity contribution in [2.75, 3.05) is 5.32 Å². The predicted molar refractivity (Wildman–Crippen MR) is 84.1 cm³/mol. The third-order valence-corrected chi connectivity index (χ3v) is 3.67. The normalized spacial score (nSPS) is 10.2. The van der Waals surface area contributed by atoms with Gasteiger partial charge < -0.3 is 16.2 Å². The maximum atomic E-state index is 11.2. The molecule has 1 amide bonds. The molecule has 0 unspecified atom stereocenters. The van der Waals surface area contributed by atoms with Crippen LogP contribution in [0, 0.1) is 6.92 Å². The summed E-state index contributed by atoms with van der Waals surface area (Å²) in [7, 11) is 0. The van der Waals surface area contributed by atoms with Crippen LogP contribution in [0.5, 0.6) is 0 Å². The monoisotopic (exact) mass is 348 g/mol. The van der Waals surface area contributed by atoms with E-state index in [0.717, 1.165) is 11.3 Å². The lowest BCUT2D eigenvalue weighted by Gasteiger charge is -2.10. The lowest BCUT2D eigenvalue weighted by molar-refractivity contribution is 0.0695. The van der Waals surface area contributed by atoms with Gasteiger partial charge in [-0.1, -0.05) is 0 Å². The SMILES string of the molecule is Cc1cc(Nc2ccc(Br)c(C(=O)O)c2)ccc1C(N)=O. The molecule has 0 radical (unpaired) electrons. The summed E-state index contributed by atoms with van der Waals surface area (Å²) >= 11 is 3.19. The number of rotatable bonds is 4. The van der Waals surface area contributed by atoms with Crippen molar-refractivity contribution in [3.63, 3.8) is 0 Å². The molecule has 2 aromatic rings. The van der Waals surface area contributed by atoms with Crippen LogP contribution in [0.25, 0.3) is 0 Å². The Labute approximate surface area is 129 Å². The summed E-state index contributed by atoms with van der Waals surface area (Å²) < 4.78 is 0.515. The van der Waals surface area contributed by atoms with Crippen LogP contribution in [0.1, 0.15) is 26.3 Å². The Kier molecular flexibility index (Phi) is 4.28. The van der Waals surface area contributed by atoms with E-state index >= 15 is 0 Å². The fourth-order valence-electron chi connectivity index (χ4n) is 1.95. The van der Waals surface area contributed by atoms with Crippen LogP contribution in [0.3, 0.4) is 0 Å². The van der Waals surface area contributed by atoms with E-state index in [1.54, 1.807) is 37.3 Å². The molecule has 0 fully saturated rings. The Balaban J connectivity index is 2.30. The lowest BCUT2D eigenvalue weighted by atomic mass is 10.1. The van der Waals surface area contributed by atoms with Gasteiger partial charge in [0.2, 0.25) is 5.91 Å². The first kappa shape index (κ1) is 15.1. The fourth-order valence-corrected chi connectivity index (χ4v) is 2.37. The molecule has 0 heterocycles. The number of nitrogens with two attached hydrogens (primary N) is 1. The number of halogens is 1. The van der Waals surface area contributed by atoms with Crippen LogP contribution in [0.4, 0.5) is 11.4 Å². The molecule has 0 spiro atoms. The van der Waals surface area contributed by atoms with Gasteiger partial charge in [-0.05, 0) is 64.8 Å². The van der Waals surface area contributed by atoms with E-state index in [0.29, 0.717) is 15.7 Å². The van der Waals surface area contributed by atoms with Crippen LogP contribution < -0.4 is 11.1 Å². The van der Waals surface area contributed by atoms with Gasteiger partial charge in [-0.3, -0.25) is 4.79 Å². The first-order chi connectivity index (χ1) is 9.88. The highest BCUT2D eigenvalue weighted by Crippen LogP contribution is 2.25. The number of carboxylic acid groups (broad SMARTS) is 1. The second-order valence-corrected chi connectivity index (χ2v) is 5.37. The number of hydrogen-bond acceptors (Lipinski definition) is 3. The summed E-state index contributed by atoms with van der Waals surface area (Å²) in [5.74, 6) is -1.48. The number of carbonyl (C=O) groups excluding carboxylic acids is 1. The van der Waals surface area contributed by atoms with E-state index in [1.165, 1.54) is 6.07 Å². The summed E-state index contributed by atoms with van der Waals surface area (Å²) in [6, 6.07) is 10.1. The molecule has 0 atom stereocenters. The number of carboxylic acids is 1. The smallest absolute Gasteiger partial charge is 0.336 e. The van der Waals surface area contributed by atoms with Crippen molar-refractivity contribution in [2.24, 2.45) is 5.73 Å². The summed E-state index contributed by atoms with van der Waals surface area (Å²) in [6.07, 6.45) is 0. The third kappa shape index (κ3) is 3.41. The number of benzene rings is 2. The van der Waals surface area contributed by atoms with Gasteiger partial charge in [-0.15, -0.1) is 0 Å². The maximum absolute atomic E-state index is 11.2. The molecule has 21 heavy (non-hydrogen) atoms. The van der Waals surface area contributed by atoms with E-state index in [9.17, 15) is 9.59 Å². The number of amides is 1. The topological polar surface area (TPSA) is 92.4 Å². The first-order valence-corrected chi connectivity index (χ1v) is 6.88. The number of hydrogen-bond donors (Lipinski definition) is 3. The molecular formula is C15H13BrN2O3. The van der Waals surface area contributed by atoms with Crippen LogP contribution in [-0.4, -0.2) is 17.0 Å². The Hall–Kier alpha value is -2.34. The Bertz CT molecular complexity index is 729. The predicted octanol–water partition coefficient (Wildman–Crippen LogP) is 3.30. The molecule has 108 valence electrons. The largest absolute Gasteiger partial charge is 0.478 e. The summed E-state index contributed by atoms with van der Waals surface area (Å²) in [5, 5.41) is 12.2. The van der Waals surface area contributed by atoms with Gasteiger partial charge in [-0.25, -0.2) is 4.79 Å². The average Bonchev–Trinajstić information content (AvgIpc) is 2.40. The Morgan fingerprint density at radius 2 is 1.71 bits per heavy atom. The van der Waals surface area contributed by atoms with Crippen molar-refractivity contribution in [3.8, 4) is 0 Å². The number of primary amides is 1. The zero-order valence-corrected chi connectivity index (χ0v) is 12.8. The molecule has 4 N–H and O–H groups in total. The first-order valence-electron chi connectivity index (χ1n) is 6.09. The number of carbonyl (C=O) groups is 2. The number of nitrogens with one attached hydrogen (secondary N) is 1. The van der Waals surface area contributed by atoms with Crippen molar-refractivity contribution < 1.29 is 14.7 Å². The standard InChI is InChI=1S/C15H13BrN2O3/c1-8-6-9(2-4-11(8)14(17)19)18-10-3-5-13(16)12(7-10)15(20)21/h2-7,18H,1H3,(H2,17,19)(H,20,21). The zero-order chi connectivity index (χ0) is 15.6. The van der Waals surface area contributed by atoms with Crippen molar-refractivity contribution in [1.82, 2.24) is 0 Å². The quantitative estimate of drug-likeness (QED) is 0.790. The molecule has 0 aliphatic rings. The van der Waals surface area contributed by atoms with Gasteiger partial charge >= 0.3 is 5.97 Å². The van der Waals surface area contributed by atoms with Gasteiger partial charge in [0.1, 0.15) is 0 Å². The molecule has 2 aromatic carbocycles. The zero-order valence-electron chi connectivity index (χ0n) is 11.2. The molecule has 0 saturated heterocycles. The van der Waals surface area contributed by atoms with E-state index in [-0.39, 0.29) is 5.56 Å². The molecule has 5 nitrogen and oxygen atoms in total. The minimum Gasteiger partial charge on any atom is -0.478 e. The Morgan fingerprint density at radius 1 is 1.10 bits per heavy atom. The second-order valence-electron chi connectivity index (χ2n) is 4.52. The lowest BCUT2D eigenvalue weighted by Crippen LogP contribution is -2.12. The molecule has 0 aromatic heterocycles. The molecule has 0 aliphatic heterocycles. The summed E-state index contributed by atoms with van der Waals surface area (Å²) in [5.41, 5.74) is 8.03. The minimum absolute atomic E-state index is 0.172.